The minimum absolute atomic E-state index is 0.756. The van der Waals surface area contributed by atoms with Crippen molar-refractivity contribution in [3.05, 3.63) is 52.7 Å². The second-order valence-electron chi connectivity index (χ2n) is 5.30. The monoisotopic (exact) mass is 284 g/mol. The lowest BCUT2D eigenvalue weighted by atomic mass is 10.1. The molecular weight excluding hydrogens is 264 g/mol. The van der Waals surface area contributed by atoms with Crippen molar-refractivity contribution in [3.8, 4) is 0 Å². The summed E-state index contributed by atoms with van der Waals surface area (Å²) < 4.78 is 5.44. The summed E-state index contributed by atoms with van der Waals surface area (Å²) in [5, 5.41) is 12.1. The lowest BCUT2D eigenvalue weighted by molar-refractivity contribution is 0.0548. The molecule has 1 aliphatic carbocycles. The number of allylic oxidation sites excluding steroid dienone is 2. The van der Waals surface area contributed by atoms with Crippen molar-refractivity contribution in [2.45, 2.75) is 12.8 Å². The van der Waals surface area contributed by atoms with Gasteiger partial charge < -0.3 is 14.8 Å². The van der Waals surface area contributed by atoms with Crippen molar-refractivity contribution in [1.82, 2.24) is 4.90 Å². The molecule has 3 rings (SSSR count). The molecule has 21 heavy (non-hydrogen) atoms. The first-order valence-electron chi connectivity index (χ1n) is 7.38. The predicted molar refractivity (Wildman–Crippen MR) is 83.3 cm³/mol. The van der Waals surface area contributed by atoms with Gasteiger partial charge >= 0.3 is 0 Å². The second kappa shape index (κ2) is 6.59. The fourth-order valence-electron chi connectivity index (χ4n) is 2.99. The SMILES string of the molecule is ON=CC1=C(N2CCOCC2)C(=Cc2ccccc2)CC1. The Labute approximate surface area is 125 Å². The molecule has 0 atom stereocenters. The highest BCUT2D eigenvalue weighted by atomic mass is 16.5. The van der Waals surface area contributed by atoms with Crippen molar-refractivity contribution in [2.24, 2.45) is 5.16 Å². The summed E-state index contributed by atoms with van der Waals surface area (Å²) >= 11 is 0. The van der Waals surface area contributed by atoms with Crippen LogP contribution in [0.2, 0.25) is 0 Å². The minimum atomic E-state index is 0.756. The summed E-state index contributed by atoms with van der Waals surface area (Å²) in [6.45, 7) is 3.30. The van der Waals surface area contributed by atoms with Crippen molar-refractivity contribution >= 4 is 12.3 Å². The quantitative estimate of drug-likeness (QED) is 0.527. The molecule has 4 nitrogen and oxygen atoms in total. The van der Waals surface area contributed by atoms with Gasteiger partial charge in [0.25, 0.3) is 0 Å². The van der Waals surface area contributed by atoms with Gasteiger partial charge in [-0.2, -0.15) is 0 Å². The van der Waals surface area contributed by atoms with Gasteiger partial charge in [0.1, 0.15) is 0 Å². The van der Waals surface area contributed by atoms with Gasteiger partial charge in [0, 0.05) is 18.8 Å². The van der Waals surface area contributed by atoms with Crippen LogP contribution in [0.15, 0.2) is 52.3 Å². The van der Waals surface area contributed by atoms with E-state index < -0.39 is 0 Å². The minimum Gasteiger partial charge on any atom is -0.411 e. The maximum absolute atomic E-state index is 8.89. The van der Waals surface area contributed by atoms with Gasteiger partial charge in [-0.15, -0.1) is 0 Å². The normalized spacial score (nSPS) is 21.7. The number of morpholine rings is 1. The number of hydrogen-bond acceptors (Lipinski definition) is 4. The Morgan fingerprint density at radius 1 is 1.10 bits per heavy atom. The zero-order valence-corrected chi connectivity index (χ0v) is 12.0. The highest BCUT2D eigenvalue weighted by Crippen LogP contribution is 2.34. The second-order valence-corrected chi connectivity index (χ2v) is 5.30. The fraction of sp³-hybridized carbons (Fsp3) is 0.353. The molecule has 1 aromatic carbocycles. The average Bonchev–Trinajstić information content (AvgIpc) is 2.92. The van der Waals surface area contributed by atoms with Crippen LogP contribution in [0.3, 0.4) is 0 Å². The third kappa shape index (κ3) is 3.16. The molecule has 0 unspecified atom stereocenters. The largest absolute Gasteiger partial charge is 0.411 e. The Balaban J connectivity index is 1.94. The highest BCUT2D eigenvalue weighted by molar-refractivity contribution is 5.83. The topological polar surface area (TPSA) is 45.1 Å². The maximum atomic E-state index is 8.89. The van der Waals surface area contributed by atoms with E-state index in [9.17, 15) is 0 Å². The molecule has 1 aliphatic heterocycles. The number of hydrogen-bond donors (Lipinski definition) is 1. The molecule has 1 fully saturated rings. The van der Waals surface area contributed by atoms with Crippen LogP contribution >= 0.6 is 0 Å². The highest BCUT2D eigenvalue weighted by Gasteiger charge is 2.25. The van der Waals surface area contributed by atoms with Gasteiger partial charge in [-0.3, -0.25) is 0 Å². The van der Waals surface area contributed by atoms with E-state index in [1.165, 1.54) is 16.8 Å². The zero-order valence-electron chi connectivity index (χ0n) is 12.0. The number of nitrogens with zero attached hydrogens (tertiary/aromatic N) is 2. The van der Waals surface area contributed by atoms with Crippen molar-refractivity contribution in [1.29, 1.82) is 0 Å². The van der Waals surface area contributed by atoms with Crippen LogP contribution in [-0.2, 0) is 4.74 Å². The van der Waals surface area contributed by atoms with E-state index in [-0.39, 0.29) is 0 Å². The first-order valence-corrected chi connectivity index (χ1v) is 7.38. The number of benzene rings is 1. The van der Waals surface area contributed by atoms with Crippen LogP contribution < -0.4 is 0 Å². The zero-order chi connectivity index (χ0) is 14.5. The molecule has 2 aliphatic rings. The van der Waals surface area contributed by atoms with Gasteiger partial charge in [-0.05, 0) is 35.6 Å². The van der Waals surface area contributed by atoms with Crippen LogP contribution in [0.4, 0.5) is 0 Å². The van der Waals surface area contributed by atoms with Crippen molar-refractivity contribution in [3.63, 3.8) is 0 Å². The molecular formula is C17H20N2O2. The Kier molecular flexibility index (Phi) is 4.36. The van der Waals surface area contributed by atoms with E-state index >= 15 is 0 Å². The summed E-state index contributed by atoms with van der Waals surface area (Å²) in [6.07, 6.45) is 5.73. The standard InChI is InChI=1S/C17H20N2O2/c20-18-13-16-7-6-15(12-14-4-2-1-3-5-14)17(16)19-8-10-21-11-9-19/h1-5,12-13,20H,6-11H2. The predicted octanol–water partition coefficient (Wildman–Crippen LogP) is 2.91. The van der Waals surface area contributed by atoms with E-state index in [1.54, 1.807) is 6.21 Å². The summed E-state index contributed by atoms with van der Waals surface area (Å²) in [4.78, 5) is 2.35. The Morgan fingerprint density at radius 3 is 2.57 bits per heavy atom. The van der Waals surface area contributed by atoms with Gasteiger partial charge in [-0.1, -0.05) is 35.5 Å². The lowest BCUT2D eigenvalue weighted by Gasteiger charge is -2.31. The van der Waals surface area contributed by atoms with Gasteiger partial charge in [0.15, 0.2) is 0 Å². The van der Waals surface area contributed by atoms with E-state index in [0.717, 1.165) is 44.7 Å². The Morgan fingerprint density at radius 2 is 1.86 bits per heavy atom. The van der Waals surface area contributed by atoms with E-state index in [4.69, 9.17) is 9.94 Å². The molecule has 1 heterocycles. The van der Waals surface area contributed by atoms with Gasteiger partial charge in [-0.25, -0.2) is 0 Å². The third-order valence-electron chi connectivity index (χ3n) is 3.95. The molecule has 1 saturated heterocycles. The number of ether oxygens (including phenoxy) is 1. The number of rotatable bonds is 3. The fourth-order valence-corrected chi connectivity index (χ4v) is 2.99. The lowest BCUT2D eigenvalue weighted by Crippen LogP contribution is -2.36. The molecule has 1 N–H and O–H groups in total. The molecule has 4 heteroatoms. The van der Waals surface area contributed by atoms with Crippen LogP contribution in [0, 0.1) is 0 Å². The first-order chi connectivity index (χ1) is 10.4. The van der Waals surface area contributed by atoms with Gasteiger partial charge in [0.2, 0.25) is 0 Å². The molecule has 110 valence electrons. The van der Waals surface area contributed by atoms with Crippen LogP contribution in [0.5, 0.6) is 0 Å². The van der Waals surface area contributed by atoms with Crippen molar-refractivity contribution in [2.75, 3.05) is 26.3 Å². The third-order valence-corrected chi connectivity index (χ3v) is 3.95. The molecule has 1 aromatic rings. The molecule has 0 aromatic heterocycles. The maximum Gasteiger partial charge on any atom is 0.0714 e. The van der Waals surface area contributed by atoms with Crippen molar-refractivity contribution < 1.29 is 9.94 Å². The van der Waals surface area contributed by atoms with Crippen LogP contribution in [0.25, 0.3) is 6.08 Å². The number of oxime groups is 1. The molecule has 0 bridgehead atoms. The van der Waals surface area contributed by atoms with Crippen LogP contribution in [0.1, 0.15) is 18.4 Å². The average molecular weight is 284 g/mol. The Bertz CT molecular complexity index is 570. The first kappa shape index (κ1) is 13.9. The van der Waals surface area contributed by atoms with Gasteiger partial charge in [0.05, 0.1) is 19.4 Å². The summed E-state index contributed by atoms with van der Waals surface area (Å²) in [6, 6.07) is 10.4. The molecule has 0 saturated carbocycles. The van der Waals surface area contributed by atoms with E-state index in [2.05, 4.69) is 40.4 Å². The summed E-state index contributed by atoms with van der Waals surface area (Å²) in [5.41, 5.74) is 4.86. The van der Waals surface area contributed by atoms with E-state index in [1.807, 2.05) is 6.07 Å². The Hall–Kier alpha value is -2.07. The van der Waals surface area contributed by atoms with E-state index in [0.29, 0.717) is 0 Å². The molecule has 0 amide bonds. The summed E-state index contributed by atoms with van der Waals surface area (Å²) in [7, 11) is 0. The summed E-state index contributed by atoms with van der Waals surface area (Å²) in [5.74, 6) is 0. The van der Waals surface area contributed by atoms with Crippen LogP contribution in [-0.4, -0.2) is 42.6 Å². The molecule has 0 spiro atoms. The smallest absolute Gasteiger partial charge is 0.0714 e. The molecule has 0 radical (unpaired) electrons.